The van der Waals surface area contributed by atoms with Crippen LogP contribution in [0, 0.1) is 5.92 Å². The Morgan fingerprint density at radius 1 is 0.935 bits per heavy atom. The van der Waals surface area contributed by atoms with Crippen LogP contribution in [0.5, 0.6) is 5.75 Å². The molecule has 0 aliphatic carbocycles. The highest BCUT2D eigenvalue weighted by Gasteiger charge is 2.56. The molecule has 2 fully saturated rings. The third-order valence-corrected chi connectivity index (χ3v) is 6.88. The van der Waals surface area contributed by atoms with Crippen molar-refractivity contribution in [1.82, 2.24) is 10.9 Å². The van der Waals surface area contributed by atoms with Crippen LogP contribution in [0.15, 0.2) is 77.3 Å². The molecule has 0 saturated carbocycles. The number of nitrogens with zero attached hydrogens (tertiary/aromatic N) is 1. The fourth-order valence-electron chi connectivity index (χ4n) is 4.74. The molecule has 5 rings (SSSR count). The number of hydrogen-bond acceptors (Lipinski definition) is 4. The van der Waals surface area contributed by atoms with E-state index in [9.17, 15) is 4.79 Å². The maximum atomic E-state index is 13.6. The number of para-hydroxylation sites is 1. The Kier molecular flexibility index (Phi) is 5.48. The largest absolute Gasteiger partial charge is 0.496 e. The molecule has 4 unspecified atom stereocenters. The number of hydrogen-bond donors (Lipinski definition) is 2. The fourth-order valence-corrected chi connectivity index (χ4v) is 5.13. The van der Waals surface area contributed by atoms with E-state index in [1.54, 1.807) is 7.11 Å². The van der Waals surface area contributed by atoms with Gasteiger partial charge in [-0.05, 0) is 48.0 Å². The van der Waals surface area contributed by atoms with Crippen LogP contribution < -0.4 is 20.5 Å². The molecule has 158 valence electrons. The summed E-state index contributed by atoms with van der Waals surface area (Å²) in [6, 6.07) is 22.9. The Bertz CT molecular complexity index is 1110. The summed E-state index contributed by atoms with van der Waals surface area (Å²) in [6.07, 6.45) is 0. The number of carbonyl (C=O) groups is 1. The molecule has 0 radical (unpaired) electrons. The van der Waals surface area contributed by atoms with Crippen molar-refractivity contribution in [2.75, 3.05) is 12.0 Å². The molecule has 2 heterocycles. The number of amides is 1. The fraction of sp³-hybridized carbons (Fsp3) is 0.208. The van der Waals surface area contributed by atoms with Gasteiger partial charge < -0.3 is 9.64 Å². The summed E-state index contributed by atoms with van der Waals surface area (Å²) in [6.45, 7) is 0. The van der Waals surface area contributed by atoms with Crippen molar-refractivity contribution in [1.29, 1.82) is 0 Å². The third-order valence-electron chi connectivity index (χ3n) is 6.10. The molecule has 5 nitrogen and oxygen atoms in total. The SMILES string of the molecule is COc1ccccc1C1C2C(NNC2c2ccc(Br)cc2)C(=O)N1c1ccc(Cl)cc1. The van der Waals surface area contributed by atoms with Crippen molar-refractivity contribution in [3.05, 3.63) is 93.4 Å². The van der Waals surface area contributed by atoms with Crippen molar-refractivity contribution in [3.8, 4) is 5.75 Å². The lowest BCUT2D eigenvalue weighted by atomic mass is 9.83. The molecule has 0 spiro atoms. The van der Waals surface area contributed by atoms with Gasteiger partial charge in [0.25, 0.3) is 0 Å². The molecule has 4 atom stereocenters. The lowest BCUT2D eigenvalue weighted by molar-refractivity contribution is -0.119. The Morgan fingerprint density at radius 3 is 2.32 bits per heavy atom. The van der Waals surface area contributed by atoms with Crippen molar-refractivity contribution in [2.24, 2.45) is 5.92 Å². The van der Waals surface area contributed by atoms with E-state index in [1.165, 1.54) is 0 Å². The number of nitrogens with one attached hydrogen (secondary N) is 2. The smallest absolute Gasteiger partial charge is 0.246 e. The van der Waals surface area contributed by atoms with E-state index in [-0.39, 0.29) is 30.0 Å². The zero-order valence-corrected chi connectivity index (χ0v) is 19.1. The second-order valence-electron chi connectivity index (χ2n) is 7.74. The monoisotopic (exact) mass is 497 g/mol. The molecule has 2 aliphatic rings. The Hall–Kier alpha value is -2.38. The van der Waals surface area contributed by atoms with E-state index in [2.05, 4.69) is 38.9 Å². The van der Waals surface area contributed by atoms with Crippen LogP contribution in [0.2, 0.25) is 5.02 Å². The molecule has 0 bridgehead atoms. The summed E-state index contributed by atoms with van der Waals surface area (Å²) < 4.78 is 6.71. The second-order valence-corrected chi connectivity index (χ2v) is 9.10. The predicted molar refractivity (Wildman–Crippen MR) is 125 cm³/mol. The van der Waals surface area contributed by atoms with Gasteiger partial charge in [0.15, 0.2) is 0 Å². The van der Waals surface area contributed by atoms with Gasteiger partial charge in [0.1, 0.15) is 11.8 Å². The maximum Gasteiger partial charge on any atom is 0.246 e. The molecule has 2 N–H and O–H groups in total. The second kappa shape index (κ2) is 8.28. The van der Waals surface area contributed by atoms with Crippen LogP contribution in [-0.4, -0.2) is 19.1 Å². The van der Waals surface area contributed by atoms with Gasteiger partial charge in [0.05, 0.1) is 19.2 Å². The van der Waals surface area contributed by atoms with Crippen molar-refractivity contribution in [2.45, 2.75) is 18.1 Å². The van der Waals surface area contributed by atoms with Gasteiger partial charge in [-0.15, -0.1) is 0 Å². The number of ether oxygens (including phenoxy) is 1. The van der Waals surface area contributed by atoms with Crippen LogP contribution in [-0.2, 0) is 4.79 Å². The van der Waals surface area contributed by atoms with E-state index in [1.807, 2.05) is 65.6 Å². The van der Waals surface area contributed by atoms with E-state index in [4.69, 9.17) is 16.3 Å². The maximum absolute atomic E-state index is 13.6. The Balaban J connectivity index is 1.65. The molecule has 1 amide bonds. The number of fused-ring (bicyclic) bond motifs is 1. The molecule has 3 aromatic rings. The number of rotatable bonds is 4. The topological polar surface area (TPSA) is 53.6 Å². The van der Waals surface area contributed by atoms with Crippen LogP contribution >= 0.6 is 27.5 Å². The van der Waals surface area contributed by atoms with E-state index < -0.39 is 0 Å². The van der Waals surface area contributed by atoms with Crippen LogP contribution in [0.3, 0.4) is 0 Å². The first kappa shape index (κ1) is 20.5. The summed E-state index contributed by atoms with van der Waals surface area (Å²) in [5, 5.41) is 0.636. The third kappa shape index (κ3) is 3.53. The van der Waals surface area contributed by atoms with Gasteiger partial charge in [-0.25, -0.2) is 10.9 Å². The van der Waals surface area contributed by atoms with Gasteiger partial charge >= 0.3 is 0 Å². The summed E-state index contributed by atoms with van der Waals surface area (Å²) in [4.78, 5) is 15.5. The van der Waals surface area contributed by atoms with Gasteiger partial charge in [0, 0.05) is 26.7 Å². The summed E-state index contributed by atoms with van der Waals surface area (Å²) in [5.41, 5.74) is 9.54. The average molecular weight is 499 g/mol. The minimum atomic E-state index is -0.362. The quantitative estimate of drug-likeness (QED) is 0.530. The zero-order valence-electron chi connectivity index (χ0n) is 16.8. The normalized spacial score (nSPS) is 25.0. The molecule has 3 aromatic carbocycles. The van der Waals surface area contributed by atoms with Gasteiger partial charge in [-0.2, -0.15) is 0 Å². The standard InChI is InChI=1S/C24H21BrClN3O2/c1-31-19-5-3-2-4-18(19)23-20-21(14-6-8-15(25)9-7-14)27-28-22(20)24(30)29(23)17-12-10-16(26)11-13-17/h2-13,20-23,27-28H,1H3. The lowest BCUT2D eigenvalue weighted by Gasteiger charge is -2.32. The molecular formula is C24H21BrClN3O2. The molecule has 2 saturated heterocycles. The zero-order chi connectivity index (χ0) is 21.5. The Morgan fingerprint density at radius 2 is 1.61 bits per heavy atom. The number of anilines is 1. The number of benzene rings is 3. The van der Waals surface area contributed by atoms with Crippen molar-refractivity contribution >= 4 is 39.1 Å². The first-order valence-electron chi connectivity index (χ1n) is 10.1. The van der Waals surface area contributed by atoms with E-state index >= 15 is 0 Å². The van der Waals surface area contributed by atoms with Crippen molar-refractivity contribution < 1.29 is 9.53 Å². The first-order chi connectivity index (χ1) is 15.1. The molecule has 0 aromatic heterocycles. The number of halogens is 2. The lowest BCUT2D eigenvalue weighted by Crippen LogP contribution is -2.41. The van der Waals surface area contributed by atoms with Crippen LogP contribution in [0.25, 0.3) is 0 Å². The summed E-state index contributed by atoms with van der Waals surface area (Å²) in [5.74, 6) is 0.748. The summed E-state index contributed by atoms with van der Waals surface area (Å²) >= 11 is 9.63. The minimum Gasteiger partial charge on any atom is -0.496 e. The van der Waals surface area contributed by atoms with Gasteiger partial charge in [0.2, 0.25) is 5.91 Å². The average Bonchev–Trinajstić information content (AvgIpc) is 3.34. The highest BCUT2D eigenvalue weighted by Crippen LogP contribution is 2.50. The highest BCUT2D eigenvalue weighted by atomic mass is 79.9. The molecule has 7 heteroatoms. The van der Waals surface area contributed by atoms with Crippen molar-refractivity contribution in [3.63, 3.8) is 0 Å². The summed E-state index contributed by atoms with van der Waals surface area (Å²) in [7, 11) is 1.66. The molecule has 2 aliphatic heterocycles. The first-order valence-corrected chi connectivity index (χ1v) is 11.2. The predicted octanol–water partition coefficient (Wildman–Crippen LogP) is 5.03. The Labute approximate surface area is 194 Å². The highest BCUT2D eigenvalue weighted by molar-refractivity contribution is 9.10. The van der Waals surface area contributed by atoms with Crippen LogP contribution in [0.1, 0.15) is 23.2 Å². The number of methoxy groups -OCH3 is 1. The van der Waals surface area contributed by atoms with Gasteiger partial charge in [-0.1, -0.05) is 57.9 Å². The molecule has 31 heavy (non-hydrogen) atoms. The van der Waals surface area contributed by atoms with E-state index in [0.717, 1.165) is 27.0 Å². The van der Waals surface area contributed by atoms with Gasteiger partial charge in [-0.3, -0.25) is 4.79 Å². The van der Waals surface area contributed by atoms with Crippen LogP contribution in [0.4, 0.5) is 5.69 Å². The number of carbonyl (C=O) groups excluding carboxylic acids is 1. The minimum absolute atomic E-state index is 0.0235. The number of hydrazine groups is 1. The van der Waals surface area contributed by atoms with E-state index in [0.29, 0.717) is 5.02 Å². The molecular weight excluding hydrogens is 478 g/mol.